The largest absolute Gasteiger partial charge is 0.274 e. The average molecular weight is 252 g/mol. The van der Waals surface area contributed by atoms with Gasteiger partial charge in [0.1, 0.15) is 6.34 Å². The van der Waals surface area contributed by atoms with Gasteiger partial charge in [0.15, 0.2) is 0 Å². The van der Waals surface area contributed by atoms with Crippen LogP contribution < -0.4 is 0 Å². The number of hydrogen-bond donors (Lipinski definition) is 0. The summed E-state index contributed by atoms with van der Waals surface area (Å²) in [6, 6.07) is 0. The van der Waals surface area contributed by atoms with E-state index in [0.29, 0.717) is 6.54 Å². The fourth-order valence-electron chi connectivity index (χ4n) is 1.22. The summed E-state index contributed by atoms with van der Waals surface area (Å²) in [5, 5.41) is 5.36. The second kappa shape index (κ2) is 5.42. The molecule has 0 saturated heterocycles. The lowest BCUT2D eigenvalue weighted by atomic mass is 10.2. The zero-order valence-electron chi connectivity index (χ0n) is 7.79. The summed E-state index contributed by atoms with van der Waals surface area (Å²) in [5.74, 6) is 0. The maximum absolute atomic E-state index is 13.2. The van der Waals surface area contributed by atoms with Gasteiger partial charge in [-0.05, 0) is 6.42 Å². The SMILES string of the molecule is CCCCCCN1N=CN(Br)C1F. The minimum atomic E-state index is -1.14. The Kier molecular flexibility index (Phi) is 4.48. The summed E-state index contributed by atoms with van der Waals surface area (Å²) in [6.45, 7) is 2.85. The fraction of sp³-hybridized carbons (Fsp3) is 0.875. The average Bonchev–Trinajstić information content (AvgIpc) is 2.43. The van der Waals surface area contributed by atoms with E-state index in [0.717, 1.165) is 12.8 Å². The van der Waals surface area contributed by atoms with E-state index in [9.17, 15) is 4.39 Å². The van der Waals surface area contributed by atoms with Crippen LogP contribution in [0.2, 0.25) is 0 Å². The summed E-state index contributed by atoms with van der Waals surface area (Å²) in [5.41, 5.74) is 0. The van der Waals surface area contributed by atoms with Crippen LogP contribution in [-0.2, 0) is 0 Å². The van der Waals surface area contributed by atoms with Gasteiger partial charge in [0.2, 0.25) is 0 Å². The van der Waals surface area contributed by atoms with Gasteiger partial charge >= 0.3 is 0 Å². The van der Waals surface area contributed by atoms with Crippen LogP contribution in [0.3, 0.4) is 0 Å². The summed E-state index contributed by atoms with van der Waals surface area (Å²) < 4.78 is 14.5. The highest BCUT2D eigenvalue weighted by Gasteiger charge is 2.24. The van der Waals surface area contributed by atoms with Gasteiger partial charge in [-0.3, -0.25) is 0 Å². The highest BCUT2D eigenvalue weighted by Crippen LogP contribution is 2.17. The molecule has 0 N–H and O–H groups in total. The van der Waals surface area contributed by atoms with Gasteiger partial charge in [0.05, 0.1) is 16.1 Å². The maximum Gasteiger partial charge on any atom is 0.274 e. The van der Waals surface area contributed by atoms with E-state index in [-0.39, 0.29) is 0 Å². The van der Waals surface area contributed by atoms with Gasteiger partial charge in [-0.25, -0.2) is 8.93 Å². The van der Waals surface area contributed by atoms with E-state index >= 15 is 0 Å². The van der Waals surface area contributed by atoms with Crippen molar-refractivity contribution in [1.82, 2.24) is 8.93 Å². The molecule has 0 radical (unpaired) electrons. The lowest BCUT2D eigenvalue weighted by molar-refractivity contribution is 0.0571. The number of rotatable bonds is 5. The van der Waals surface area contributed by atoms with Crippen molar-refractivity contribution in [3.05, 3.63) is 0 Å². The molecule has 0 amide bonds. The Bertz CT molecular complexity index is 177. The van der Waals surface area contributed by atoms with Gasteiger partial charge in [-0.2, -0.15) is 9.49 Å². The van der Waals surface area contributed by atoms with E-state index in [4.69, 9.17) is 0 Å². The van der Waals surface area contributed by atoms with Crippen LogP contribution in [0.25, 0.3) is 0 Å². The van der Waals surface area contributed by atoms with Crippen LogP contribution in [0.15, 0.2) is 5.10 Å². The third kappa shape index (κ3) is 3.14. The van der Waals surface area contributed by atoms with Crippen molar-refractivity contribution in [2.24, 2.45) is 5.10 Å². The highest BCUT2D eigenvalue weighted by atomic mass is 79.9. The third-order valence-corrected chi connectivity index (χ3v) is 2.52. The summed E-state index contributed by atoms with van der Waals surface area (Å²) in [6.07, 6.45) is 4.88. The Balaban J connectivity index is 2.12. The number of nitrogens with zero attached hydrogens (tertiary/aromatic N) is 3. The van der Waals surface area contributed by atoms with Gasteiger partial charge in [0.25, 0.3) is 6.42 Å². The Morgan fingerprint density at radius 2 is 2.23 bits per heavy atom. The van der Waals surface area contributed by atoms with Crippen LogP contribution in [0.1, 0.15) is 32.6 Å². The first-order valence-electron chi connectivity index (χ1n) is 4.64. The number of unbranched alkanes of at least 4 members (excludes halogenated alkanes) is 3. The molecule has 5 heteroatoms. The molecule has 1 heterocycles. The van der Waals surface area contributed by atoms with E-state index in [2.05, 4.69) is 28.2 Å². The number of alkyl halides is 1. The van der Waals surface area contributed by atoms with Gasteiger partial charge in [-0.15, -0.1) is 0 Å². The lowest BCUT2D eigenvalue weighted by Gasteiger charge is -2.19. The second-order valence-corrected chi connectivity index (χ2v) is 3.93. The molecule has 1 rings (SSSR count). The standard InChI is InChI=1S/C8H15BrFN3/c1-2-3-4-5-6-13-8(10)12(9)7-11-13/h7-8H,2-6H2,1H3. The minimum absolute atomic E-state index is 0.694. The van der Waals surface area contributed by atoms with Gasteiger partial charge in [-0.1, -0.05) is 26.2 Å². The van der Waals surface area contributed by atoms with Crippen LogP contribution in [0.4, 0.5) is 4.39 Å². The molecule has 1 atom stereocenters. The van der Waals surface area contributed by atoms with Crippen molar-refractivity contribution in [1.29, 1.82) is 0 Å². The molecule has 0 aromatic rings. The van der Waals surface area contributed by atoms with Crippen molar-refractivity contribution in [2.75, 3.05) is 6.54 Å². The van der Waals surface area contributed by atoms with Crippen LogP contribution >= 0.6 is 16.1 Å². The molecule has 0 aromatic carbocycles. The summed E-state index contributed by atoms with van der Waals surface area (Å²) in [4.78, 5) is 0. The van der Waals surface area contributed by atoms with Gasteiger partial charge < -0.3 is 0 Å². The number of halogens is 2. The van der Waals surface area contributed by atoms with Crippen LogP contribution in [-0.4, -0.2) is 28.2 Å². The van der Waals surface area contributed by atoms with E-state index in [1.807, 2.05) is 0 Å². The molecular weight excluding hydrogens is 237 g/mol. The molecule has 0 aromatic heterocycles. The quantitative estimate of drug-likeness (QED) is 0.425. The topological polar surface area (TPSA) is 18.8 Å². The predicted molar refractivity (Wildman–Crippen MR) is 55.0 cm³/mol. The normalized spacial score (nSPS) is 21.6. The zero-order chi connectivity index (χ0) is 9.68. The molecule has 0 spiro atoms. The number of hydrogen-bond acceptors (Lipinski definition) is 3. The smallest absolute Gasteiger partial charge is 0.246 e. The molecule has 1 aliphatic heterocycles. The first-order chi connectivity index (χ1) is 6.25. The molecule has 1 aliphatic rings. The third-order valence-electron chi connectivity index (χ3n) is 2.00. The molecule has 0 fully saturated rings. The van der Waals surface area contributed by atoms with Crippen LogP contribution in [0.5, 0.6) is 0 Å². The number of hydrazone groups is 1. The zero-order valence-corrected chi connectivity index (χ0v) is 9.37. The minimum Gasteiger partial charge on any atom is -0.246 e. The molecule has 3 nitrogen and oxygen atoms in total. The molecule has 76 valence electrons. The lowest BCUT2D eigenvalue weighted by Crippen LogP contribution is -2.30. The summed E-state index contributed by atoms with van der Waals surface area (Å²) in [7, 11) is 0. The van der Waals surface area contributed by atoms with Crippen LogP contribution in [0, 0.1) is 0 Å². The van der Waals surface area contributed by atoms with Crippen molar-refractivity contribution < 1.29 is 4.39 Å². The Hall–Kier alpha value is -0.320. The van der Waals surface area contributed by atoms with Crippen molar-refractivity contribution >= 4 is 22.5 Å². The maximum atomic E-state index is 13.2. The Morgan fingerprint density at radius 3 is 2.77 bits per heavy atom. The van der Waals surface area contributed by atoms with Crippen molar-refractivity contribution in [3.8, 4) is 0 Å². The summed E-state index contributed by atoms with van der Waals surface area (Å²) >= 11 is 3.03. The highest BCUT2D eigenvalue weighted by molar-refractivity contribution is 9.07. The Labute approximate surface area is 86.9 Å². The molecule has 0 aliphatic carbocycles. The van der Waals surface area contributed by atoms with E-state index in [1.54, 1.807) is 0 Å². The molecule has 0 saturated carbocycles. The molecule has 1 unspecified atom stereocenters. The molecular formula is C8H15BrFN3. The Morgan fingerprint density at radius 1 is 1.46 bits per heavy atom. The van der Waals surface area contributed by atoms with Crippen molar-refractivity contribution in [2.45, 2.75) is 39.0 Å². The fourth-order valence-corrected chi connectivity index (χ4v) is 1.51. The monoisotopic (exact) mass is 251 g/mol. The molecule has 13 heavy (non-hydrogen) atoms. The second-order valence-electron chi connectivity index (χ2n) is 3.11. The van der Waals surface area contributed by atoms with Gasteiger partial charge in [0, 0.05) is 6.54 Å². The molecule has 0 bridgehead atoms. The first kappa shape index (κ1) is 10.8. The van der Waals surface area contributed by atoms with E-state index in [1.165, 1.54) is 28.1 Å². The van der Waals surface area contributed by atoms with E-state index < -0.39 is 6.42 Å². The first-order valence-corrected chi connectivity index (χ1v) is 5.35. The van der Waals surface area contributed by atoms with Crippen molar-refractivity contribution in [3.63, 3.8) is 0 Å². The predicted octanol–water partition coefficient (Wildman–Crippen LogP) is 2.69.